The van der Waals surface area contributed by atoms with Crippen LogP contribution in [0.5, 0.6) is 0 Å². The van der Waals surface area contributed by atoms with Gasteiger partial charge in [-0.25, -0.2) is 4.79 Å². The van der Waals surface area contributed by atoms with Gasteiger partial charge in [0, 0.05) is 40.3 Å². The Hall–Kier alpha value is -2.77. The second kappa shape index (κ2) is 6.75. The number of benzene rings is 2. The van der Waals surface area contributed by atoms with Crippen molar-refractivity contribution in [2.24, 2.45) is 0 Å². The van der Waals surface area contributed by atoms with Gasteiger partial charge in [-0.05, 0) is 36.2 Å². The zero-order valence-corrected chi connectivity index (χ0v) is 15.5. The number of carbonyl (C=O) groups excluding carboxylic acids is 1. The molecule has 0 saturated carbocycles. The lowest BCUT2D eigenvalue weighted by molar-refractivity contribution is -0.384. The molecule has 27 heavy (non-hydrogen) atoms. The zero-order valence-electron chi connectivity index (χ0n) is 14.0. The first-order valence-corrected chi connectivity index (χ1v) is 8.97. The molecule has 1 aliphatic rings. The van der Waals surface area contributed by atoms with Crippen LogP contribution < -0.4 is 5.32 Å². The van der Waals surface area contributed by atoms with Crippen LogP contribution in [0, 0.1) is 10.1 Å². The largest absolute Gasteiger partial charge is 0.357 e. The Morgan fingerprint density at radius 2 is 2.04 bits per heavy atom. The number of nitro groups is 1. The van der Waals surface area contributed by atoms with Crippen molar-refractivity contribution in [3.05, 3.63) is 67.8 Å². The lowest BCUT2D eigenvalue weighted by atomic mass is 10.0. The molecular formula is C18H14Cl2N4O3. The number of anilines is 1. The van der Waals surface area contributed by atoms with Crippen LogP contribution in [0.25, 0.3) is 10.9 Å². The Labute approximate surface area is 164 Å². The number of amides is 2. The molecule has 0 fully saturated rings. The molecule has 0 spiro atoms. The second-order valence-corrected chi connectivity index (χ2v) is 7.14. The number of H-pyrrole nitrogens is 1. The summed E-state index contributed by atoms with van der Waals surface area (Å²) in [6, 6.07) is 9.32. The molecule has 2 heterocycles. The molecule has 0 aliphatic carbocycles. The number of hydrogen-bond donors (Lipinski definition) is 2. The number of carbonyl (C=O) groups is 1. The van der Waals surface area contributed by atoms with Crippen LogP contribution in [0.4, 0.5) is 16.2 Å². The van der Waals surface area contributed by atoms with E-state index in [0.717, 1.165) is 16.6 Å². The highest BCUT2D eigenvalue weighted by Crippen LogP contribution is 2.31. The number of rotatable bonds is 2. The van der Waals surface area contributed by atoms with E-state index in [1.165, 1.54) is 23.8 Å². The van der Waals surface area contributed by atoms with Crippen LogP contribution in [0.15, 0.2) is 36.4 Å². The van der Waals surface area contributed by atoms with Crippen molar-refractivity contribution in [3.63, 3.8) is 0 Å². The summed E-state index contributed by atoms with van der Waals surface area (Å²) in [5.41, 5.74) is 3.34. The van der Waals surface area contributed by atoms with E-state index in [1.807, 2.05) is 18.2 Å². The average molecular weight is 405 g/mol. The van der Waals surface area contributed by atoms with Crippen LogP contribution in [0.3, 0.4) is 0 Å². The lowest BCUT2D eigenvalue weighted by Crippen LogP contribution is -2.38. The molecule has 1 aromatic heterocycles. The van der Waals surface area contributed by atoms with Gasteiger partial charge in [0.1, 0.15) is 0 Å². The summed E-state index contributed by atoms with van der Waals surface area (Å²) in [7, 11) is 0. The molecule has 1 aliphatic heterocycles. The third-order valence-corrected chi connectivity index (χ3v) is 5.18. The smallest absolute Gasteiger partial charge is 0.322 e. The number of nitro benzene ring substituents is 1. The van der Waals surface area contributed by atoms with Crippen molar-refractivity contribution in [2.75, 3.05) is 11.9 Å². The third kappa shape index (κ3) is 3.31. The number of nitrogens with one attached hydrogen (secondary N) is 2. The fourth-order valence-corrected chi connectivity index (χ4v) is 3.69. The number of nitrogens with zero attached hydrogens (tertiary/aromatic N) is 2. The van der Waals surface area contributed by atoms with E-state index in [1.54, 1.807) is 4.90 Å². The van der Waals surface area contributed by atoms with Gasteiger partial charge in [-0.15, -0.1) is 0 Å². The van der Waals surface area contributed by atoms with Crippen molar-refractivity contribution < 1.29 is 9.72 Å². The van der Waals surface area contributed by atoms with Gasteiger partial charge in [-0.3, -0.25) is 10.1 Å². The van der Waals surface area contributed by atoms with Gasteiger partial charge in [0.2, 0.25) is 0 Å². The summed E-state index contributed by atoms with van der Waals surface area (Å²) in [5, 5.41) is 15.4. The van der Waals surface area contributed by atoms with Crippen molar-refractivity contribution in [3.8, 4) is 0 Å². The molecule has 0 radical (unpaired) electrons. The maximum absolute atomic E-state index is 12.6. The van der Waals surface area contributed by atoms with Gasteiger partial charge in [0.05, 0.1) is 22.2 Å². The normalized spacial score (nSPS) is 13.5. The number of fused-ring (bicyclic) bond motifs is 3. The monoisotopic (exact) mass is 404 g/mol. The van der Waals surface area contributed by atoms with Crippen LogP contribution in [0.2, 0.25) is 10.0 Å². The lowest BCUT2D eigenvalue weighted by Gasteiger charge is -2.27. The Kier molecular flexibility index (Phi) is 4.41. The highest BCUT2D eigenvalue weighted by atomic mass is 35.5. The number of non-ortho nitro benzene ring substituents is 1. The van der Waals surface area contributed by atoms with Crippen LogP contribution in [0.1, 0.15) is 11.3 Å². The van der Waals surface area contributed by atoms with E-state index >= 15 is 0 Å². The second-order valence-electron chi connectivity index (χ2n) is 6.29. The van der Waals surface area contributed by atoms with Crippen molar-refractivity contribution in [1.82, 2.24) is 9.88 Å². The van der Waals surface area contributed by atoms with Gasteiger partial charge in [0.25, 0.3) is 5.69 Å². The standard InChI is InChI=1S/C18H14Cl2N4O3/c19-10-1-3-15-13(7-10)12-5-6-23(9-17(12)21-15)18(25)22-16-4-2-11(24(26)27)8-14(16)20/h1-4,7-8,21H,5-6,9H2,(H,22,25). The van der Waals surface area contributed by atoms with Crippen LogP contribution in [-0.2, 0) is 13.0 Å². The SMILES string of the molecule is O=C(Nc1ccc([N+](=O)[O-])cc1Cl)N1CCc2c([nH]c3ccc(Cl)cc23)C1. The highest BCUT2D eigenvalue weighted by Gasteiger charge is 2.24. The first kappa shape index (κ1) is 17.6. The predicted molar refractivity (Wildman–Crippen MR) is 105 cm³/mol. The van der Waals surface area contributed by atoms with Crippen molar-refractivity contribution in [2.45, 2.75) is 13.0 Å². The van der Waals surface area contributed by atoms with Crippen molar-refractivity contribution >= 4 is 51.5 Å². The summed E-state index contributed by atoms with van der Waals surface area (Å²) in [6.07, 6.45) is 0.705. The van der Waals surface area contributed by atoms with E-state index in [-0.39, 0.29) is 16.7 Å². The van der Waals surface area contributed by atoms with Crippen molar-refractivity contribution in [1.29, 1.82) is 0 Å². The average Bonchev–Trinajstić information content (AvgIpc) is 3.00. The molecule has 3 aromatic rings. The minimum Gasteiger partial charge on any atom is -0.357 e. The number of aromatic amines is 1. The minimum atomic E-state index is -0.536. The topological polar surface area (TPSA) is 91.3 Å². The molecule has 7 nitrogen and oxygen atoms in total. The first-order valence-electron chi connectivity index (χ1n) is 8.21. The number of aromatic nitrogens is 1. The molecule has 2 amide bonds. The Morgan fingerprint density at radius 1 is 1.22 bits per heavy atom. The van der Waals surface area contributed by atoms with E-state index < -0.39 is 4.92 Å². The zero-order chi connectivity index (χ0) is 19.1. The number of halogens is 2. The molecule has 0 atom stereocenters. The van der Waals surface area contributed by atoms with Gasteiger partial charge >= 0.3 is 6.03 Å². The first-order chi connectivity index (χ1) is 12.9. The highest BCUT2D eigenvalue weighted by molar-refractivity contribution is 6.34. The molecule has 2 aromatic carbocycles. The number of hydrogen-bond acceptors (Lipinski definition) is 3. The molecular weight excluding hydrogens is 391 g/mol. The maximum atomic E-state index is 12.6. The van der Waals surface area contributed by atoms with Gasteiger partial charge < -0.3 is 15.2 Å². The molecule has 0 saturated heterocycles. The quantitative estimate of drug-likeness (QED) is 0.466. The molecule has 0 unspecified atom stereocenters. The van der Waals surface area contributed by atoms with Gasteiger partial charge in [0.15, 0.2) is 0 Å². The van der Waals surface area contributed by atoms with Gasteiger partial charge in [-0.2, -0.15) is 0 Å². The molecule has 9 heteroatoms. The van der Waals surface area contributed by atoms with E-state index in [4.69, 9.17) is 23.2 Å². The molecule has 0 bridgehead atoms. The molecule has 138 valence electrons. The summed E-state index contributed by atoms with van der Waals surface area (Å²) < 4.78 is 0. The Balaban J connectivity index is 1.53. The van der Waals surface area contributed by atoms with Gasteiger partial charge in [-0.1, -0.05) is 23.2 Å². The fraction of sp³-hybridized carbons (Fsp3) is 0.167. The Bertz CT molecular complexity index is 1080. The van der Waals surface area contributed by atoms with E-state index in [0.29, 0.717) is 30.2 Å². The number of urea groups is 1. The fourth-order valence-electron chi connectivity index (χ4n) is 3.30. The van der Waals surface area contributed by atoms with Crippen LogP contribution in [-0.4, -0.2) is 27.4 Å². The molecule has 2 N–H and O–H groups in total. The maximum Gasteiger partial charge on any atom is 0.322 e. The Morgan fingerprint density at radius 3 is 2.78 bits per heavy atom. The summed E-state index contributed by atoms with van der Waals surface area (Å²) in [4.78, 5) is 27.9. The van der Waals surface area contributed by atoms with E-state index in [2.05, 4.69) is 10.3 Å². The third-order valence-electron chi connectivity index (χ3n) is 4.63. The summed E-state index contributed by atoms with van der Waals surface area (Å²) >= 11 is 12.1. The van der Waals surface area contributed by atoms with Crippen LogP contribution >= 0.6 is 23.2 Å². The van der Waals surface area contributed by atoms with E-state index in [9.17, 15) is 14.9 Å². The molecule has 4 rings (SSSR count). The summed E-state index contributed by atoms with van der Waals surface area (Å²) in [6.45, 7) is 0.973. The minimum absolute atomic E-state index is 0.121. The predicted octanol–water partition coefficient (Wildman–Crippen LogP) is 4.97. The summed E-state index contributed by atoms with van der Waals surface area (Å²) in [5.74, 6) is 0.